The van der Waals surface area contributed by atoms with Crippen LogP contribution in [0.4, 0.5) is 0 Å². The van der Waals surface area contributed by atoms with E-state index in [2.05, 4.69) is 0 Å². The van der Waals surface area contributed by atoms with Crippen LogP contribution in [0.3, 0.4) is 0 Å². The second-order valence-corrected chi connectivity index (χ2v) is 7.26. The van der Waals surface area contributed by atoms with Crippen molar-refractivity contribution in [3.8, 4) is 28.7 Å². The summed E-state index contributed by atoms with van der Waals surface area (Å²) in [7, 11) is 3.09. The summed E-state index contributed by atoms with van der Waals surface area (Å²) >= 11 is 0. The van der Waals surface area contributed by atoms with Crippen LogP contribution >= 0.6 is 0 Å². The van der Waals surface area contributed by atoms with E-state index in [0.717, 1.165) is 17.7 Å². The van der Waals surface area contributed by atoms with Crippen molar-refractivity contribution in [2.75, 3.05) is 40.4 Å². The first-order chi connectivity index (χ1) is 14.8. The zero-order chi connectivity index (χ0) is 22.5. The average molecular weight is 430 g/mol. The molecule has 9 heteroatoms. The number of benzene rings is 2. The molecule has 0 saturated carbocycles. The monoisotopic (exact) mass is 430 g/mol. The molecule has 0 radical (unpaired) electrons. The number of aromatic hydroxyl groups is 3. The first-order valence-corrected chi connectivity index (χ1v) is 9.87. The van der Waals surface area contributed by atoms with Gasteiger partial charge in [0.1, 0.15) is 0 Å². The van der Waals surface area contributed by atoms with Gasteiger partial charge in [0.15, 0.2) is 28.7 Å². The molecule has 0 aliphatic carbocycles. The molecule has 31 heavy (non-hydrogen) atoms. The van der Waals surface area contributed by atoms with Crippen molar-refractivity contribution in [1.82, 2.24) is 9.80 Å². The molecule has 1 aliphatic rings. The molecule has 1 aliphatic heterocycles. The number of rotatable bonds is 5. The molecule has 0 aromatic heterocycles. The lowest BCUT2D eigenvalue weighted by Gasteiger charge is -2.22. The van der Waals surface area contributed by atoms with Crippen molar-refractivity contribution in [3.63, 3.8) is 0 Å². The van der Waals surface area contributed by atoms with Crippen molar-refractivity contribution in [2.45, 2.75) is 12.8 Å². The van der Waals surface area contributed by atoms with E-state index in [9.17, 15) is 24.9 Å². The van der Waals surface area contributed by atoms with Gasteiger partial charge >= 0.3 is 0 Å². The second kappa shape index (κ2) is 9.46. The molecule has 0 spiro atoms. The lowest BCUT2D eigenvalue weighted by Crippen LogP contribution is -2.38. The van der Waals surface area contributed by atoms with Crippen LogP contribution in [-0.2, 0) is 11.2 Å². The van der Waals surface area contributed by atoms with Crippen LogP contribution in [-0.4, -0.2) is 77.3 Å². The van der Waals surface area contributed by atoms with E-state index in [1.54, 1.807) is 29.0 Å². The standard InChI is InChI=1S/C22H26N2O7/c1-30-18-5-4-14(10-19(18)31-2)11-20(27)23-6-3-7-24(9-8-23)22(29)15-12-16(25)21(28)17(26)13-15/h4-5,10,12-13,25-26,28H,3,6-9,11H2,1-2H3. The molecule has 9 nitrogen and oxygen atoms in total. The number of phenolic OH excluding ortho intramolecular Hbond substituents is 3. The van der Waals surface area contributed by atoms with E-state index < -0.39 is 17.2 Å². The Morgan fingerprint density at radius 2 is 1.48 bits per heavy atom. The number of methoxy groups -OCH3 is 2. The Hall–Kier alpha value is -3.62. The van der Waals surface area contributed by atoms with Crippen molar-refractivity contribution < 1.29 is 34.4 Å². The molecule has 1 fully saturated rings. The van der Waals surface area contributed by atoms with Crippen molar-refractivity contribution in [2.24, 2.45) is 0 Å². The van der Waals surface area contributed by atoms with Gasteiger partial charge in [-0.25, -0.2) is 0 Å². The van der Waals surface area contributed by atoms with E-state index in [0.29, 0.717) is 44.1 Å². The predicted octanol–water partition coefficient (Wildman–Crippen LogP) is 1.74. The minimum absolute atomic E-state index is 0.0542. The van der Waals surface area contributed by atoms with Gasteiger partial charge in [0.25, 0.3) is 5.91 Å². The molecular formula is C22H26N2O7. The van der Waals surface area contributed by atoms with Gasteiger partial charge in [-0.3, -0.25) is 9.59 Å². The van der Waals surface area contributed by atoms with Gasteiger partial charge < -0.3 is 34.6 Å². The fraction of sp³-hybridized carbons (Fsp3) is 0.364. The van der Waals surface area contributed by atoms with E-state index in [1.807, 2.05) is 6.07 Å². The Balaban J connectivity index is 1.64. The molecule has 1 saturated heterocycles. The number of hydrogen-bond acceptors (Lipinski definition) is 7. The van der Waals surface area contributed by atoms with Crippen molar-refractivity contribution >= 4 is 11.8 Å². The van der Waals surface area contributed by atoms with Crippen LogP contribution in [0.15, 0.2) is 30.3 Å². The van der Waals surface area contributed by atoms with Crippen molar-refractivity contribution in [3.05, 3.63) is 41.5 Å². The third kappa shape index (κ3) is 4.93. The van der Waals surface area contributed by atoms with Gasteiger partial charge in [-0.1, -0.05) is 6.07 Å². The molecule has 2 amide bonds. The summed E-state index contributed by atoms with van der Waals surface area (Å²) in [5.74, 6) is -1.09. The molecule has 0 atom stereocenters. The molecule has 166 valence electrons. The van der Waals surface area contributed by atoms with Crippen LogP contribution in [0, 0.1) is 0 Å². The number of carbonyl (C=O) groups excluding carboxylic acids is 2. The summed E-state index contributed by atoms with van der Waals surface area (Å²) in [5, 5.41) is 28.8. The lowest BCUT2D eigenvalue weighted by atomic mass is 10.1. The van der Waals surface area contributed by atoms with Crippen LogP contribution < -0.4 is 9.47 Å². The number of amides is 2. The van der Waals surface area contributed by atoms with Gasteiger partial charge in [0, 0.05) is 31.7 Å². The van der Waals surface area contributed by atoms with Gasteiger partial charge in [-0.2, -0.15) is 0 Å². The fourth-order valence-electron chi connectivity index (χ4n) is 3.56. The highest BCUT2D eigenvalue weighted by Gasteiger charge is 2.24. The SMILES string of the molecule is COc1ccc(CC(=O)N2CCCN(C(=O)c3cc(O)c(O)c(O)c3)CC2)cc1OC. The van der Waals surface area contributed by atoms with E-state index in [4.69, 9.17) is 9.47 Å². The third-order valence-electron chi connectivity index (χ3n) is 5.26. The smallest absolute Gasteiger partial charge is 0.254 e. The van der Waals surface area contributed by atoms with E-state index in [1.165, 1.54) is 7.11 Å². The Bertz CT molecular complexity index is 953. The number of nitrogens with zero attached hydrogens (tertiary/aromatic N) is 2. The maximum Gasteiger partial charge on any atom is 0.254 e. The molecule has 2 aromatic carbocycles. The Labute approximate surface area is 180 Å². The highest BCUT2D eigenvalue weighted by Crippen LogP contribution is 2.35. The number of carbonyl (C=O) groups is 2. The minimum Gasteiger partial charge on any atom is -0.504 e. The van der Waals surface area contributed by atoms with Gasteiger partial charge in [-0.05, 0) is 36.2 Å². The summed E-state index contributed by atoms with van der Waals surface area (Å²) < 4.78 is 10.5. The first-order valence-electron chi connectivity index (χ1n) is 9.87. The molecule has 3 N–H and O–H groups in total. The first kappa shape index (κ1) is 22.1. The van der Waals surface area contributed by atoms with Crippen LogP contribution in [0.2, 0.25) is 0 Å². The van der Waals surface area contributed by atoms with Gasteiger partial charge in [0.2, 0.25) is 5.91 Å². The summed E-state index contributed by atoms with van der Waals surface area (Å²) in [6.07, 6.45) is 0.799. The normalized spacial score (nSPS) is 14.1. The van der Waals surface area contributed by atoms with E-state index >= 15 is 0 Å². The number of hydrogen-bond donors (Lipinski definition) is 3. The quantitative estimate of drug-likeness (QED) is 0.618. The summed E-state index contributed by atoms with van der Waals surface area (Å²) in [6.45, 7) is 1.64. The highest BCUT2D eigenvalue weighted by atomic mass is 16.5. The number of phenols is 3. The lowest BCUT2D eigenvalue weighted by molar-refractivity contribution is -0.130. The summed E-state index contributed by atoms with van der Waals surface area (Å²) in [4.78, 5) is 28.8. The Kier molecular flexibility index (Phi) is 6.74. The molecule has 3 rings (SSSR count). The molecule has 0 unspecified atom stereocenters. The van der Waals surface area contributed by atoms with Gasteiger partial charge in [-0.15, -0.1) is 0 Å². The largest absolute Gasteiger partial charge is 0.504 e. The third-order valence-corrected chi connectivity index (χ3v) is 5.26. The fourth-order valence-corrected chi connectivity index (χ4v) is 3.56. The van der Waals surface area contributed by atoms with Crippen LogP contribution in [0.1, 0.15) is 22.3 Å². The molecule has 0 bridgehead atoms. The summed E-state index contributed by atoms with van der Waals surface area (Å²) in [6, 6.07) is 7.57. The zero-order valence-electron chi connectivity index (χ0n) is 17.5. The molecular weight excluding hydrogens is 404 g/mol. The van der Waals surface area contributed by atoms with E-state index in [-0.39, 0.29) is 23.8 Å². The second-order valence-electron chi connectivity index (χ2n) is 7.26. The zero-order valence-corrected chi connectivity index (χ0v) is 17.5. The van der Waals surface area contributed by atoms with Crippen LogP contribution in [0.25, 0.3) is 0 Å². The Morgan fingerprint density at radius 3 is 2.13 bits per heavy atom. The minimum atomic E-state index is -0.667. The van der Waals surface area contributed by atoms with Crippen LogP contribution in [0.5, 0.6) is 28.7 Å². The Morgan fingerprint density at radius 1 is 0.871 bits per heavy atom. The number of ether oxygens (including phenoxy) is 2. The molecule has 1 heterocycles. The van der Waals surface area contributed by atoms with Crippen molar-refractivity contribution in [1.29, 1.82) is 0 Å². The maximum absolute atomic E-state index is 12.8. The summed E-state index contributed by atoms with van der Waals surface area (Å²) in [5.41, 5.74) is 0.868. The highest BCUT2D eigenvalue weighted by molar-refractivity contribution is 5.95. The topological polar surface area (TPSA) is 120 Å². The van der Waals surface area contributed by atoms with Gasteiger partial charge in [0.05, 0.1) is 20.6 Å². The molecule has 2 aromatic rings. The average Bonchev–Trinajstić information content (AvgIpc) is 3.03. The predicted molar refractivity (Wildman–Crippen MR) is 112 cm³/mol. The maximum atomic E-state index is 12.8.